The maximum absolute atomic E-state index is 12.5. The molecule has 0 bridgehead atoms. The molecular formula is C10H12F2N2O2. The van der Waals surface area contributed by atoms with E-state index in [-0.39, 0.29) is 24.3 Å². The van der Waals surface area contributed by atoms with Gasteiger partial charge in [0, 0.05) is 12.7 Å². The van der Waals surface area contributed by atoms with Crippen molar-refractivity contribution in [2.45, 2.75) is 19.9 Å². The highest BCUT2D eigenvalue weighted by atomic mass is 19.3. The number of carbonyl (C=O) groups is 1. The highest BCUT2D eigenvalue weighted by molar-refractivity contribution is 5.89. The van der Waals surface area contributed by atoms with Crippen LogP contribution in [-0.4, -0.2) is 17.6 Å². The summed E-state index contributed by atoms with van der Waals surface area (Å²) in [6.07, 6.45) is -1.63. The normalized spacial score (nSPS) is 10.6. The number of pyridine rings is 1. The van der Waals surface area contributed by atoms with Crippen LogP contribution in [0, 0.1) is 0 Å². The smallest absolute Gasteiger partial charge is 0.339 e. The third kappa shape index (κ3) is 2.73. The molecule has 6 heteroatoms. The van der Waals surface area contributed by atoms with E-state index in [1.54, 1.807) is 6.92 Å². The molecule has 0 aliphatic carbocycles. The lowest BCUT2D eigenvalue weighted by atomic mass is 10.1. The van der Waals surface area contributed by atoms with Crippen molar-refractivity contribution in [1.82, 2.24) is 4.98 Å². The van der Waals surface area contributed by atoms with Crippen molar-refractivity contribution in [1.29, 1.82) is 0 Å². The zero-order valence-electron chi connectivity index (χ0n) is 8.74. The maximum Gasteiger partial charge on any atom is 0.339 e. The molecule has 1 aromatic rings. The topological polar surface area (TPSA) is 65.2 Å². The first-order valence-electron chi connectivity index (χ1n) is 4.74. The summed E-state index contributed by atoms with van der Waals surface area (Å²) >= 11 is 0. The largest absolute Gasteiger partial charge is 0.462 e. The van der Waals surface area contributed by atoms with Gasteiger partial charge in [-0.25, -0.2) is 13.6 Å². The molecule has 2 N–H and O–H groups in total. The van der Waals surface area contributed by atoms with Gasteiger partial charge in [0.15, 0.2) is 0 Å². The number of hydrogen-bond acceptors (Lipinski definition) is 4. The predicted octanol–water partition coefficient (Wildman–Crippen LogP) is 1.65. The highest BCUT2D eigenvalue weighted by Gasteiger charge is 2.16. The van der Waals surface area contributed by atoms with Gasteiger partial charge in [-0.05, 0) is 18.6 Å². The van der Waals surface area contributed by atoms with Gasteiger partial charge in [-0.15, -0.1) is 0 Å². The van der Waals surface area contributed by atoms with Crippen LogP contribution in [0.1, 0.15) is 35.0 Å². The van der Waals surface area contributed by atoms with Gasteiger partial charge in [-0.2, -0.15) is 0 Å². The van der Waals surface area contributed by atoms with Crippen molar-refractivity contribution < 1.29 is 18.3 Å². The van der Waals surface area contributed by atoms with Crippen LogP contribution < -0.4 is 5.73 Å². The van der Waals surface area contributed by atoms with E-state index >= 15 is 0 Å². The molecule has 4 nitrogen and oxygen atoms in total. The summed E-state index contributed by atoms with van der Waals surface area (Å²) in [5.74, 6) is -0.592. The summed E-state index contributed by atoms with van der Waals surface area (Å²) in [4.78, 5) is 14.8. The molecule has 0 saturated heterocycles. The number of hydrogen-bond donors (Lipinski definition) is 1. The maximum atomic E-state index is 12.5. The Labute approximate surface area is 91.4 Å². The third-order valence-corrected chi connectivity index (χ3v) is 1.94. The Bertz CT molecular complexity index is 383. The van der Waals surface area contributed by atoms with E-state index in [0.717, 1.165) is 6.20 Å². The van der Waals surface area contributed by atoms with E-state index in [9.17, 15) is 13.6 Å². The van der Waals surface area contributed by atoms with Crippen LogP contribution in [-0.2, 0) is 11.3 Å². The van der Waals surface area contributed by atoms with Crippen molar-refractivity contribution in [2.75, 3.05) is 6.61 Å². The van der Waals surface area contributed by atoms with Crippen molar-refractivity contribution >= 4 is 5.97 Å². The number of aromatic nitrogens is 1. The molecule has 16 heavy (non-hydrogen) atoms. The van der Waals surface area contributed by atoms with Crippen molar-refractivity contribution in [3.63, 3.8) is 0 Å². The van der Waals surface area contributed by atoms with Gasteiger partial charge in [0.05, 0.1) is 12.2 Å². The number of nitrogens with zero attached hydrogens (tertiary/aromatic N) is 1. The number of carbonyl (C=O) groups excluding carboxylic acids is 1. The summed E-state index contributed by atoms with van der Waals surface area (Å²) < 4.78 is 29.6. The zero-order chi connectivity index (χ0) is 12.1. The molecule has 0 radical (unpaired) electrons. The first-order valence-corrected chi connectivity index (χ1v) is 4.74. The highest BCUT2D eigenvalue weighted by Crippen LogP contribution is 2.21. The van der Waals surface area contributed by atoms with Gasteiger partial charge in [0.2, 0.25) is 0 Å². The fourth-order valence-electron chi connectivity index (χ4n) is 1.21. The first-order chi connectivity index (χ1) is 7.60. The van der Waals surface area contributed by atoms with Gasteiger partial charge in [-0.1, -0.05) is 0 Å². The lowest BCUT2D eigenvalue weighted by Crippen LogP contribution is -2.10. The molecule has 0 atom stereocenters. The van der Waals surface area contributed by atoms with Crippen molar-refractivity contribution in [2.24, 2.45) is 5.73 Å². The molecule has 0 saturated carbocycles. The summed E-state index contributed by atoms with van der Waals surface area (Å²) in [6.45, 7) is 1.77. The van der Waals surface area contributed by atoms with Crippen molar-refractivity contribution in [3.05, 3.63) is 29.1 Å². The van der Waals surface area contributed by atoms with Crippen LogP contribution in [0.5, 0.6) is 0 Å². The molecule has 0 unspecified atom stereocenters. The second-order valence-corrected chi connectivity index (χ2v) is 2.99. The fraction of sp³-hybridized carbons (Fsp3) is 0.400. The number of rotatable bonds is 4. The quantitative estimate of drug-likeness (QED) is 0.799. The average molecular weight is 230 g/mol. The Morgan fingerprint density at radius 2 is 2.31 bits per heavy atom. The third-order valence-electron chi connectivity index (χ3n) is 1.94. The Morgan fingerprint density at radius 1 is 1.62 bits per heavy atom. The Kier molecular flexibility index (Phi) is 4.30. The minimum atomic E-state index is -2.70. The van der Waals surface area contributed by atoms with Gasteiger partial charge < -0.3 is 10.5 Å². The van der Waals surface area contributed by atoms with Gasteiger partial charge in [0.1, 0.15) is 5.69 Å². The van der Waals surface area contributed by atoms with E-state index in [1.165, 1.54) is 6.07 Å². The fourth-order valence-corrected chi connectivity index (χ4v) is 1.21. The molecule has 0 aromatic carbocycles. The van der Waals surface area contributed by atoms with Gasteiger partial charge >= 0.3 is 5.97 Å². The number of ether oxygens (including phenoxy) is 1. The molecule has 1 heterocycles. The lowest BCUT2D eigenvalue weighted by molar-refractivity contribution is 0.0525. The van der Waals surface area contributed by atoms with Crippen LogP contribution in [0.2, 0.25) is 0 Å². The van der Waals surface area contributed by atoms with Crippen LogP contribution in [0.25, 0.3) is 0 Å². The molecule has 0 spiro atoms. The summed E-state index contributed by atoms with van der Waals surface area (Å²) in [5.41, 5.74) is 5.20. The standard InChI is InChI=1S/C10H12F2N2O2/c1-2-16-10(15)7-3-6(4-13)8(9(11)12)14-5-7/h3,5,9H,2,4,13H2,1H3. The lowest BCUT2D eigenvalue weighted by Gasteiger charge is -2.08. The Hall–Kier alpha value is -1.56. The van der Waals surface area contributed by atoms with E-state index in [2.05, 4.69) is 4.98 Å². The summed E-state index contributed by atoms with van der Waals surface area (Å²) in [7, 11) is 0. The summed E-state index contributed by atoms with van der Waals surface area (Å²) in [5, 5.41) is 0. The zero-order valence-corrected chi connectivity index (χ0v) is 8.74. The first kappa shape index (κ1) is 12.5. The summed E-state index contributed by atoms with van der Waals surface area (Å²) in [6, 6.07) is 1.28. The van der Waals surface area contributed by atoms with Crippen LogP contribution in [0.4, 0.5) is 8.78 Å². The van der Waals surface area contributed by atoms with E-state index in [0.29, 0.717) is 0 Å². The SMILES string of the molecule is CCOC(=O)c1cnc(C(F)F)c(CN)c1. The predicted molar refractivity (Wildman–Crippen MR) is 53.0 cm³/mol. The molecular weight excluding hydrogens is 218 g/mol. The number of alkyl halides is 2. The van der Waals surface area contributed by atoms with Crippen LogP contribution >= 0.6 is 0 Å². The Morgan fingerprint density at radius 3 is 2.81 bits per heavy atom. The molecule has 88 valence electrons. The van der Waals surface area contributed by atoms with E-state index in [4.69, 9.17) is 10.5 Å². The van der Waals surface area contributed by atoms with Gasteiger partial charge in [0.25, 0.3) is 6.43 Å². The molecule has 0 aliphatic rings. The molecule has 0 fully saturated rings. The van der Waals surface area contributed by atoms with Crippen molar-refractivity contribution in [3.8, 4) is 0 Å². The van der Waals surface area contributed by atoms with Gasteiger partial charge in [-0.3, -0.25) is 4.98 Å². The number of halogens is 2. The van der Waals surface area contributed by atoms with E-state index < -0.39 is 18.1 Å². The van der Waals surface area contributed by atoms with Crippen LogP contribution in [0.3, 0.4) is 0 Å². The molecule has 0 aliphatic heterocycles. The number of nitrogens with two attached hydrogens (primary N) is 1. The molecule has 1 rings (SSSR count). The minimum absolute atomic E-state index is 0.0973. The van der Waals surface area contributed by atoms with Crippen LogP contribution in [0.15, 0.2) is 12.3 Å². The Balaban J connectivity index is 3.04. The monoisotopic (exact) mass is 230 g/mol. The second-order valence-electron chi connectivity index (χ2n) is 2.99. The molecule has 1 aromatic heterocycles. The van der Waals surface area contributed by atoms with E-state index in [1.807, 2.05) is 0 Å². The number of esters is 1. The average Bonchev–Trinajstić information content (AvgIpc) is 2.28. The molecule has 0 amide bonds. The minimum Gasteiger partial charge on any atom is -0.462 e. The second kappa shape index (κ2) is 5.50.